The first-order valence-electron chi connectivity index (χ1n) is 8.83. The van der Waals surface area contributed by atoms with Gasteiger partial charge in [0.15, 0.2) is 0 Å². The zero-order valence-electron chi connectivity index (χ0n) is 15.2. The van der Waals surface area contributed by atoms with Gasteiger partial charge in [0.2, 0.25) is 0 Å². The molecule has 1 saturated heterocycles. The van der Waals surface area contributed by atoms with E-state index >= 15 is 0 Å². The van der Waals surface area contributed by atoms with Crippen LogP contribution in [0.15, 0.2) is 18.3 Å². The van der Waals surface area contributed by atoms with Gasteiger partial charge >= 0.3 is 6.03 Å². The Morgan fingerprint density at radius 2 is 2.20 bits per heavy atom. The van der Waals surface area contributed by atoms with Gasteiger partial charge in [0, 0.05) is 44.2 Å². The second-order valence-electron chi connectivity index (χ2n) is 6.60. The number of amides is 3. The molecule has 1 aromatic heterocycles. The molecule has 0 aliphatic carbocycles. The normalized spacial score (nSPS) is 17.0. The summed E-state index contributed by atoms with van der Waals surface area (Å²) in [5.74, 6) is -0.0388. The van der Waals surface area contributed by atoms with Crippen molar-refractivity contribution in [1.82, 2.24) is 20.5 Å². The van der Waals surface area contributed by atoms with Crippen LogP contribution in [0.5, 0.6) is 0 Å². The number of hydrogen-bond acceptors (Lipinski definition) is 4. The molecular formula is C18H28N4O3. The van der Waals surface area contributed by atoms with Crippen LogP contribution in [0, 0.1) is 6.92 Å². The van der Waals surface area contributed by atoms with Crippen LogP contribution in [0.25, 0.3) is 0 Å². The number of likely N-dealkylation sites (tertiary alicyclic amines) is 1. The summed E-state index contributed by atoms with van der Waals surface area (Å²) in [6, 6.07) is 3.41. The van der Waals surface area contributed by atoms with Crippen LogP contribution in [0.1, 0.15) is 42.7 Å². The average Bonchev–Trinajstić information content (AvgIpc) is 3.02. The monoisotopic (exact) mass is 348 g/mol. The summed E-state index contributed by atoms with van der Waals surface area (Å²) >= 11 is 0. The summed E-state index contributed by atoms with van der Waals surface area (Å²) in [6.45, 7) is 8.23. The van der Waals surface area contributed by atoms with Crippen LogP contribution in [0.3, 0.4) is 0 Å². The van der Waals surface area contributed by atoms with Gasteiger partial charge in [-0.25, -0.2) is 4.79 Å². The van der Waals surface area contributed by atoms with Crippen molar-refractivity contribution in [2.75, 3.05) is 26.2 Å². The van der Waals surface area contributed by atoms with Gasteiger partial charge in [0.1, 0.15) is 0 Å². The van der Waals surface area contributed by atoms with Gasteiger partial charge in [-0.15, -0.1) is 0 Å². The number of nitrogens with one attached hydrogen (secondary N) is 2. The first kappa shape index (κ1) is 19.2. The number of hydrogen-bond donors (Lipinski definition) is 2. The number of nitrogens with zero attached hydrogens (tertiary/aromatic N) is 2. The topological polar surface area (TPSA) is 83.6 Å². The van der Waals surface area contributed by atoms with Crippen molar-refractivity contribution in [1.29, 1.82) is 0 Å². The predicted molar refractivity (Wildman–Crippen MR) is 95.5 cm³/mol. The maximum Gasteiger partial charge on any atom is 0.315 e. The van der Waals surface area contributed by atoms with E-state index in [1.165, 1.54) is 0 Å². The Morgan fingerprint density at radius 3 is 2.88 bits per heavy atom. The fraction of sp³-hybridized carbons (Fsp3) is 0.611. The van der Waals surface area contributed by atoms with Crippen molar-refractivity contribution in [3.8, 4) is 0 Å². The van der Waals surface area contributed by atoms with Crippen molar-refractivity contribution in [2.24, 2.45) is 0 Å². The molecule has 1 aliphatic rings. The average molecular weight is 348 g/mol. The Labute approximate surface area is 149 Å². The highest BCUT2D eigenvalue weighted by Gasteiger charge is 2.28. The van der Waals surface area contributed by atoms with Gasteiger partial charge in [-0.3, -0.25) is 9.78 Å². The fourth-order valence-electron chi connectivity index (χ4n) is 2.67. The summed E-state index contributed by atoms with van der Waals surface area (Å²) in [7, 11) is 0. The Balaban J connectivity index is 1.69. The van der Waals surface area contributed by atoms with Crippen molar-refractivity contribution in [3.63, 3.8) is 0 Å². The van der Waals surface area contributed by atoms with Gasteiger partial charge < -0.3 is 20.3 Å². The Hall–Kier alpha value is -2.15. The highest BCUT2D eigenvalue weighted by Crippen LogP contribution is 2.13. The number of carbonyl (C=O) groups is 2. The van der Waals surface area contributed by atoms with E-state index in [2.05, 4.69) is 15.6 Å². The molecule has 2 heterocycles. The zero-order valence-corrected chi connectivity index (χ0v) is 15.2. The lowest BCUT2D eigenvalue weighted by Crippen LogP contribution is -2.44. The molecular weight excluding hydrogens is 320 g/mol. The number of carbonyl (C=O) groups excluding carboxylic acids is 2. The largest absolute Gasteiger partial charge is 0.379 e. The number of ether oxygens (including phenoxy) is 1. The Kier molecular flexibility index (Phi) is 7.18. The number of pyridine rings is 1. The third-order valence-corrected chi connectivity index (χ3v) is 4.03. The molecule has 7 nitrogen and oxygen atoms in total. The van der Waals surface area contributed by atoms with Crippen molar-refractivity contribution >= 4 is 11.9 Å². The zero-order chi connectivity index (χ0) is 18.2. The molecule has 0 bridgehead atoms. The molecule has 0 radical (unpaired) electrons. The van der Waals surface area contributed by atoms with E-state index in [1.807, 2.05) is 26.8 Å². The minimum absolute atomic E-state index is 0.0192. The standard InChI is InChI=1S/C18H28N4O3/c1-13(2)25-10-4-8-19-18(24)21-16-7-9-22(12-16)17(23)15-6-5-14(3)20-11-15/h5-6,11,13,16H,4,7-10,12H2,1-3H3,(H2,19,21,24). The van der Waals surface area contributed by atoms with Crippen LogP contribution in [0.2, 0.25) is 0 Å². The van der Waals surface area contributed by atoms with Gasteiger partial charge in [-0.05, 0) is 45.7 Å². The molecule has 1 unspecified atom stereocenters. The van der Waals surface area contributed by atoms with Crippen LogP contribution in [-0.2, 0) is 4.74 Å². The van der Waals surface area contributed by atoms with E-state index < -0.39 is 0 Å². The van der Waals surface area contributed by atoms with Crippen LogP contribution < -0.4 is 10.6 Å². The number of rotatable bonds is 7. The van der Waals surface area contributed by atoms with E-state index in [4.69, 9.17) is 4.74 Å². The molecule has 2 N–H and O–H groups in total. The number of urea groups is 1. The third kappa shape index (κ3) is 6.34. The van der Waals surface area contributed by atoms with E-state index in [9.17, 15) is 9.59 Å². The van der Waals surface area contributed by atoms with Crippen LogP contribution in [-0.4, -0.2) is 60.2 Å². The third-order valence-electron chi connectivity index (χ3n) is 4.03. The Morgan fingerprint density at radius 1 is 1.40 bits per heavy atom. The van der Waals surface area contributed by atoms with Gasteiger partial charge in [-0.2, -0.15) is 0 Å². The summed E-state index contributed by atoms with van der Waals surface area (Å²) < 4.78 is 5.43. The lowest BCUT2D eigenvalue weighted by molar-refractivity contribution is 0.0771. The molecule has 1 fully saturated rings. The molecule has 0 aromatic carbocycles. The van der Waals surface area contributed by atoms with E-state index in [0.717, 1.165) is 18.5 Å². The molecule has 0 spiro atoms. The molecule has 25 heavy (non-hydrogen) atoms. The molecule has 3 amide bonds. The number of aryl methyl sites for hydroxylation is 1. The highest BCUT2D eigenvalue weighted by molar-refractivity contribution is 5.94. The smallest absolute Gasteiger partial charge is 0.315 e. The van der Waals surface area contributed by atoms with Crippen LogP contribution >= 0.6 is 0 Å². The first-order valence-corrected chi connectivity index (χ1v) is 8.83. The maximum atomic E-state index is 12.4. The SMILES string of the molecule is Cc1ccc(C(=O)N2CCC(NC(=O)NCCCOC(C)C)C2)cn1. The highest BCUT2D eigenvalue weighted by atomic mass is 16.5. The lowest BCUT2D eigenvalue weighted by atomic mass is 10.2. The maximum absolute atomic E-state index is 12.4. The van der Waals surface area contributed by atoms with Crippen molar-refractivity contribution in [3.05, 3.63) is 29.6 Å². The minimum atomic E-state index is -0.194. The summed E-state index contributed by atoms with van der Waals surface area (Å²) in [4.78, 5) is 30.3. The first-order chi connectivity index (χ1) is 12.0. The second kappa shape index (κ2) is 9.36. The van der Waals surface area contributed by atoms with E-state index in [1.54, 1.807) is 17.2 Å². The summed E-state index contributed by atoms with van der Waals surface area (Å²) in [5, 5.41) is 5.75. The van der Waals surface area contributed by atoms with Crippen molar-refractivity contribution < 1.29 is 14.3 Å². The molecule has 2 rings (SSSR count). The second-order valence-corrected chi connectivity index (χ2v) is 6.60. The molecule has 1 aliphatic heterocycles. The molecule has 7 heteroatoms. The molecule has 0 saturated carbocycles. The fourth-order valence-corrected chi connectivity index (χ4v) is 2.67. The number of aromatic nitrogens is 1. The summed E-state index contributed by atoms with van der Waals surface area (Å²) in [5.41, 5.74) is 1.47. The van der Waals surface area contributed by atoms with Crippen molar-refractivity contribution in [2.45, 2.75) is 45.8 Å². The van der Waals surface area contributed by atoms with E-state index in [-0.39, 0.29) is 24.1 Å². The molecule has 138 valence electrons. The predicted octanol–water partition coefficient (Wildman–Crippen LogP) is 1.72. The quantitative estimate of drug-likeness (QED) is 0.735. The van der Waals surface area contributed by atoms with Gasteiger partial charge in [-0.1, -0.05) is 0 Å². The van der Waals surface area contributed by atoms with E-state index in [0.29, 0.717) is 31.8 Å². The lowest BCUT2D eigenvalue weighted by Gasteiger charge is -2.17. The Bertz CT molecular complexity index is 574. The van der Waals surface area contributed by atoms with Gasteiger partial charge in [0.05, 0.1) is 11.7 Å². The van der Waals surface area contributed by atoms with Crippen LogP contribution in [0.4, 0.5) is 4.79 Å². The minimum Gasteiger partial charge on any atom is -0.379 e. The molecule has 1 atom stereocenters. The molecule has 1 aromatic rings. The summed E-state index contributed by atoms with van der Waals surface area (Å²) in [6.07, 6.45) is 3.35. The van der Waals surface area contributed by atoms with Gasteiger partial charge in [0.25, 0.3) is 5.91 Å².